The van der Waals surface area contributed by atoms with E-state index >= 15 is 0 Å². The zero-order valence-corrected chi connectivity index (χ0v) is 15.7. The van der Waals surface area contributed by atoms with Crippen molar-refractivity contribution in [2.45, 2.75) is 83.5 Å². The van der Waals surface area contributed by atoms with E-state index in [9.17, 15) is 4.79 Å². The maximum Gasteiger partial charge on any atom is 0.224 e. The Morgan fingerprint density at radius 1 is 0.880 bits per heavy atom. The number of hydrogen-bond donors (Lipinski definition) is 1. The molecule has 5 rings (SSSR count). The first-order chi connectivity index (χ1) is 12.2. The number of fused-ring (bicyclic) bond motifs is 7. The van der Waals surface area contributed by atoms with Gasteiger partial charge in [0.25, 0.3) is 0 Å². The average Bonchev–Trinajstić information content (AvgIpc) is 2.66. The van der Waals surface area contributed by atoms with Crippen LogP contribution in [-0.2, 0) is 4.79 Å². The lowest BCUT2D eigenvalue weighted by Crippen LogP contribution is -2.52. The molecule has 0 saturated heterocycles. The molecule has 2 N–H and O–H groups in total. The van der Waals surface area contributed by atoms with E-state index < -0.39 is 0 Å². The first-order valence-electron chi connectivity index (χ1n) is 11.2. The van der Waals surface area contributed by atoms with Gasteiger partial charge >= 0.3 is 0 Å². The number of hydrogen-bond acceptors (Lipinski definition) is 1. The van der Waals surface area contributed by atoms with E-state index in [0.29, 0.717) is 5.92 Å². The molecule has 2 nitrogen and oxygen atoms in total. The van der Waals surface area contributed by atoms with Crippen molar-refractivity contribution in [1.29, 1.82) is 0 Å². The summed E-state index contributed by atoms with van der Waals surface area (Å²) in [4.78, 5) is 12.5. The van der Waals surface area contributed by atoms with Crippen molar-refractivity contribution in [2.24, 2.45) is 46.7 Å². The highest BCUT2D eigenvalue weighted by atomic mass is 16.1. The Morgan fingerprint density at radius 3 is 2.60 bits per heavy atom. The molecular weight excluding hydrogens is 306 g/mol. The number of allylic oxidation sites excluding steroid dienone is 2. The van der Waals surface area contributed by atoms with Crippen LogP contribution in [0.25, 0.3) is 0 Å². The molecule has 1 amide bonds. The molecule has 5 aliphatic rings. The first kappa shape index (κ1) is 16.4. The van der Waals surface area contributed by atoms with E-state index in [1.807, 2.05) is 0 Å². The normalized spacial score (nSPS) is 49.0. The van der Waals surface area contributed by atoms with Crippen molar-refractivity contribution in [3.8, 4) is 0 Å². The molecule has 0 aromatic carbocycles. The van der Waals surface area contributed by atoms with Crippen molar-refractivity contribution in [2.75, 3.05) is 0 Å². The van der Waals surface area contributed by atoms with Gasteiger partial charge in [0.1, 0.15) is 0 Å². The number of rotatable bonds is 1. The van der Waals surface area contributed by atoms with E-state index in [1.54, 1.807) is 5.57 Å². The van der Waals surface area contributed by atoms with Gasteiger partial charge in [0.2, 0.25) is 5.91 Å². The molecule has 25 heavy (non-hydrogen) atoms. The Morgan fingerprint density at radius 2 is 1.72 bits per heavy atom. The summed E-state index contributed by atoms with van der Waals surface area (Å²) in [6.45, 7) is 0. The van der Waals surface area contributed by atoms with E-state index in [0.717, 1.165) is 42.4 Å². The van der Waals surface area contributed by atoms with Crippen molar-refractivity contribution in [1.82, 2.24) is 0 Å². The molecule has 138 valence electrons. The quantitative estimate of drug-likeness (QED) is 0.653. The highest BCUT2D eigenvalue weighted by molar-refractivity contribution is 5.82. The minimum atomic E-state index is -0.185. The zero-order chi connectivity index (χ0) is 17.0. The average molecular weight is 342 g/mol. The van der Waals surface area contributed by atoms with Crippen LogP contribution in [0.1, 0.15) is 83.5 Å². The van der Waals surface area contributed by atoms with E-state index in [4.69, 9.17) is 5.73 Å². The van der Waals surface area contributed by atoms with Gasteiger partial charge in [0, 0.05) is 0 Å². The third-order valence-corrected chi connectivity index (χ3v) is 9.34. The van der Waals surface area contributed by atoms with Gasteiger partial charge in [-0.2, -0.15) is 0 Å². The molecule has 4 saturated carbocycles. The lowest BCUT2D eigenvalue weighted by molar-refractivity contribution is -0.135. The van der Waals surface area contributed by atoms with Crippen LogP contribution in [0.4, 0.5) is 0 Å². The fourth-order valence-corrected chi connectivity index (χ4v) is 8.25. The summed E-state index contributed by atoms with van der Waals surface area (Å²) in [5, 5.41) is 0. The molecule has 0 aromatic heterocycles. The Hall–Kier alpha value is -0.790. The molecule has 7 unspecified atom stereocenters. The Kier molecular flexibility index (Phi) is 4.02. The van der Waals surface area contributed by atoms with Crippen molar-refractivity contribution in [3.05, 3.63) is 11.6 Å². The molecule has 4 fully saturated rings. The molecule has 0 spiro atoms. The summed E-state index contributed by atoms with van der Waals surface area (Å²) in [5.74, 6) is 5.21. The van der Waals surface area contributed by atoms with E-state index in [2.05, 4.69) is 6.08 Å². The summed E-state index contributed by atoms with van der Waals surface area (Å²) in [5.41, 5.74) is 7.50. The van der Waals surface area contributed by atoms with Crippen LogP contribution < -0.4 is 5.73 Å². The van der Waals surface area contributed by atoms with Crippen LogP contribution in [0.2, 0.25) is 0 Å². The molecule has 0 bridgehead atoms. The van der Waals surface area contributed by atoms with Crippen LogP contribution in [0.3, 0.4) is 0 Å². The third-order valence-electron chi connectivity index (χ3n) is 9.34. The number of carbonyl (C=O) groups excluding carboxylic acids is 1. The highest BCUT2D eigenvalue weighted by Crippen LogP contribution is 2.61. The number of nitrogens with two attached hydrogens (primary N) is 1. The second-order valence-corrected chi connectivity index (χ2v) is 10.0. The molecule has 0 aliphatic heterocycles. The van der Waals surface area contributed by atoms with Gasteiger partial charge in [-0.3, -0.25) is 4.79 Å². The standard InChI is InChI=1S/C23H35NO/c24-22(25)23-13-4-3-7-21(23)20-11-10-17-16-6-2-1-5-15(16)8-9-18(17)19(20)12-14-23/h11,15-19,21H,1-10,12-14H2,(H2,24,25). The third kappa shape index (κ3) is 2.38. The molecule has 0 heterocycles. The first-order valence-corrected chi connectivity index (χ1v) is 11.2. The largest absolute Gasteiger partial charge is 0.369 e. The molecule has 2 heteroatoms. The van der Waals surface area contributed by atoms with Crippen molar-refractivity contribution < 1.29 is 4.79 Å². The number of primary amides is 1. The molecule has 0 aromatic rings. The Bertz CT molecular complexity index is 581. The Balaban J connectivity index is 1.46. The minimum Gasteiger partial charge on any atom is -0.369 e. The van der Waals surface area contributed by atoms with Crippen LogP contribution in [0, 0.1) is 40.9 Å². The smallest absolute Gasteiger partial charge is 0.224 e. The van der Waals surface area contributed by atoms with Gasteiger partial charge in [0.15, 0.2) is 0 Å². The summed E-state index contributed by atoms with van der Waals surface area (Å²) >= 11 is 0. The van der Waals surface area contributed by atoms with Crippen LogP contribution in [0.5, 0.6) is 0 Å². The minimum absolute atomic E-state index is 0.00895. The second-order valence-electron chi connectivity index (χ2n) is 10.0. The number of amides is 1. The summed E-state index contributed by atoms with van der Waals surface area (Å²) < 4.78 is 0. The van der Waals surface area contributed by atoms with Crippen molar-refractivity contribution >= 4 is 5.91 Å². The fraction of sp³-hybridized carbons (Fsp3) is 0.870. The van der Waals surface area contributed by atoms with Gasteiger partial charge in [-0.05, 0) is 86.9 Å². The van der Waals surface area contributed by atoms with Crippen LogP contribution in [-0.4, -0.2) is 5.91 Å². The van der Waals surface area contributed by atoms with Crippen LogP contribution in [0.15, 0.2) is 11.6 Å². The topological polar surface area (TPSA) is 43.1 Å². The maximum absolute atomic E-state index is 12.5. The zero-order valence-electron chi connectivity index (χ0n) is 15.7. The predicted molar refractivity (Wildman–Crippen MR) is 101 cm³/mol. The van der Waals surface area contributed by atoms with Crippen molar-refractivity contribution in [3.63, 3.8) is 0 Å². The SMILES string of the molecule is NC(=O)C12CCCCC1C1=CCC3C4CCCCC4CCC3C1CC2. The van der Waals surface area contributed by atoms with Gasteiger partial charge in [-0.15, -0.1) is 0 Å². The lowest BCUT2D eigenvalue weighted by Gasteiger charge is -2.56. The maximum atomic E-state index is 12.5. The molecular formula is C23H35NO. The predicted octanol–water partition coefficient (Wildman–Crippen LogP) is 5.22. The highest BCUT2D eigenvalue weighted by Gasteiger charge is 2.55. The summed E-state index contributed by atoms with van der Waals surface area (Å²) in [7, 11) is 0. The molecule has 7 atom stereocenters. The van der Waals surface area contributed by atoms with Gasteiger partial charge in [0.05, 0.1) is 5.41 Å². The van der Waals surface area contributed by atoms with Gasteiger partial charge in [-0.25, -0.2) is 0 Å². The fourth-order valence-electron chi connectivity index (χ4n) is 8.25. The van der Waals surface area contributed by atoms with E-state index in [1.165, 1.54) is 70.6 Å². The van der Waals surface area contributed by atoms with E-state index in [-0.39, 0.29) is 11.3 Å². The molecule has 0 radical (unpaired) electrons. The molecule has 5 aliphatic carbocycles. The summed E-state index contributed by atoms with van der Waals surface area (Å²) in [6.07, 6.45) is 19.9. The monoisotopic (exact) mass is 341 g/mol. The summed E-state index contributed by atoms with van der Waals surface area (Å²) in [6, 6.07) is 0. The number of carbonyl (C=O) groups is 1. The van der Waals surface area contributed by atoms with Crippen LogP contribution >= 0.6 is 0 Å². The van der Waals surface area contributed by atoms with Gasteiger partial charge in [-0.1, -0.05) is 43.8 Å². The lowest BCUT2D eigenvalue weighted by atomic mass is 9.48. The second kappa shape index (κ2) is 6.13. The van der Waals surface area contributed by atoms with Gasteiger partial charge < -0.3 is 5.73 Å². The Labute approximate surface area is 153 Å².